The molecule has 1 amide bonds. The van der Waals surface area contributed by atoms with E-state index in [9.17, 15) is 9.59 Å². The Bertz CT molecular complexity index is 1380. The molecule has 3 heterocycles. The fraction of sp³-hybridized carbons (Fsp3) is 0.348. The molecule has 0 bridgehead atoms. The van der Waals surface area contributed by atoms with Crippen LogP contribution in [0.15, 0.2) is 24.4 Å². The molecule has 34 heavy (non-hydrogen) atoms. The molecule has 11 heteroatoms. The minimum atomic E-state index is -1.14. The highest BCUT2D eigenvalue weighted by atomic mass is 32.1. The number of carbonyl (C=O) groups excluding carboxylic acids is 2. The van der Waals surface area contributed by atoms with Crippen LogP contribution in [0.5, 0.6) is 0 Å². The highest BCUT2D eigenvalue weighted by molar-refractivity contribution is 7.20. The van der Waals surface area contributed by atoms with E-state index >= 15 is 0 Å². The maximum Gasteiger partial charge on any atom is 0.268 e. The Morgan fingerprint density at radius 1 is 1.32 bits per heavy atom. The second-order valence-corrected chi connectivity index (χ2v) is 16.0. The maximum atomic E-state index is 13.1. The third kappa shape index (κ3) is 4.72. The number of ether oxygens (including phenoxy) is 1. The lowest BCUT2D eigenvalue weighted by molar-refractivity contribution is 0.0817. The van der Waals surface area contributed by atoms with Gasteiger partial charge in [-0.2, -0.15) is 5.10 Å². The van der Waals surface area contributed by atoms with Gasteiger partial charge in [0.05, 0.1) is 16.4 Å². The molecular weight excluding hydrogens is 468 g/mol. The standard InChI is InChI=1S/C23H28N6O3SSi/c1-28-20(16(10-24)21-22(28)27-19(13-30)33-21)23(31)25-11-15-6-5-7-18-17(15)12-26-29(18)14-32-8-9-34(2,3)4/h5-7,10,12-13,24H,8-9,11,14H2,1-4H3,(H,25,31). The summed E-state index contributed by atoms with van der Waals surface area (Å²) in [6, 6.07) is 6.99. The summed E-state index contributed by atoms with van der Waals surface area (Å²) in [5.41, 5.74) is 3.22. The number of hydrogen-bond acceptors (Lipinski definition) is 7. The molecule has 2 N–H and O–H groups in total. The van der Waals surface area contributed by atoms with Crippen LogP contribution < -0.4 is 5.32 Å². The van der Waals surface area contributed by atoms with Gasteiger partial charge in [-0.15, -0.1) is 11.3 Å². The Hall–Kier alpha value is -3.15. The van der Waals surface area contributed by atoms with Gasteiger partial charge in [0.1, 0.15) is 12.4 Å². The van der Waals surface area contributed by atoms with Crippen molar-refractivity contribution in [2.75, 3.05) is 6.61 Å². The minimum Gasteiger partial charge on any atom is -0.360 e. The van der Waals surface area contributed by atoms with Gasteiger partial charge in [0.15, 0.2) is 16.9 Å². The SMILES string of the molecule is Cn1c(C(=O)NCc2cccc3c2cnn3COCC[Si](C)(C)C)c(C=N)c2sc(C=O)nc21. The van der Waals surface area contributed by atoms with E-state index in [-0.39, 0.29) is 5.91 Å². The molecule has 4 rings (SSSR count). The molecule has 0 radical (unpaired) electrons. The third-order valence-corrected chi connectivity index (χ3v) is 8.37. The first kappa shape index (κ1) is 24.0. The first-order valence-corrected chi connectivity index (χ1v) is 15.5. The van der Waals surface area contributed by atoms with Crippen molar-refractivity contribution in [3.05, 3.63) is 46.2 Å². The monoisotopic (exact) mass is 496 g/mol. The number of amides is 1. The fourth-order valence-corrected chi connectivity index (χ4v) is 5.48. The Kier molecular flexibility index (Phi) is 6.78. The molecule has 0 saturated heterocycles. The van der Waals surface area contributed by atoms with Crippen molar-refractivity contribution in [3.8, 4) is 0 Å². The smallest absolute Gasteiger partial charge is 0.268 e. The summed E-state index contributed by atoms with van der Waals surface area (Å²) in [6.45, 7) is 8.39. The molecule has 178 valence electrons. The van der Waals surface area contributed by atoms with Gasteiger partial charge >= 0.3 is 0 Å². The summed E-state index contributed by atoms with van der Waals surface area (Å²) < 4.78 is 9.97. The number of nitrogens with one attached hydrogen (secondary N) is 2. The highest BCUT2D eigenvalue weighted by Crippen LogP contribution is 2.29. The van der Waals surface area contributed by atoms with Crippen molar-refractivity contribution in [1.29, 1.82) is 5.41 Å². The van der Waals surface area contributed by atoms with Crippen LogP contribution in [0.2, 0.25) is 25.7 Å². The zero-order valence-corrected chi connectivity index (χ0v) is 21.5. The molecule has 0 spiro atoms. The lowest BCUT2D eigenvalue weighted by atomic mass is 10.1. The summed E-state index contributed by atoms with van der Waals surface area (Å²) in [5, 5.41) is 16.5. The number of hydrogen-bond donors (Lipinski definition) is 2. The zero-order chi connectivity index (χ0) is 24.5. The van der Waals surface area contributed by atoms with Crippen LogP contribution in [0, 0.1) is 5.41 Å². The number of carbonyl (C=O) groups is 2. The van der Waals surface area contributed by atoms with E-state index in [1.807, 2.05) is 22.9 Å². The number of thiazole rings is 1. The van der Waals surface area contributed by atoms with Gasteiger partial charge in [-0.25, -0.2) is 9.67 Å². The number of nitrogens with zero attached hydrogens (tertiary/aromatic N) is 4. The summed E-state index contributed by atoms with van der Waals surface area (Å²) in [5.74, 6) is -0.307. The molecule has 0 fully saturated rings. The molecule has 0 unspecified atom stereocenters. The minimum absolute atomic E-state index is 0.307. The van der Waals surface area contributed by atoms with Crippen molar-refractivity contribution in [1.82, 2.24) is 24.6 Å². The molecule has 3 aromatic heterocycles. The number of aromatic nitrogens is 4. The summed E-state index contributed by atoms with van der Waals surface area (Å²) in [6.07, 6.45) is 3.61. The molecule has 4 aromatic rings. The largest absolute Gasteiger partial charge is 0.360 e. The van der Waals surface area contributed by atoms with Crippen LogP contribution in [0.25, 0.3) is 21.3 Å². The predicted octanol–water partition coefficient (Wildman–Crippen LogP) is 4.04. The molecule has 0 aliphatic carbocycles. The van der Waals surface area contributed by atoms with E-state index in [1.165, 1.54) is 11.3 Å². The van der Waals surface area contributed by atoms with Crippen LogP contribution >= 0.6 is 11.3 Å². The van der Waals surface area contributed by atoms with E-state index < -0.39 is 8.07 Å². The van der Waals surface area contributed by atoms with Gasteiger partial charge in [-0.1, -0.05) is 31.8 Å². The molecular formula is C23H28N6O3SSi. The molecule has 1 aromatic carbocycles. The number of rotatable bonds is 10. The van der Waals surface area contributed by atoms with E-state index in [0.717, 1.165) is 35.3 Å². The maximum absolute atomic E-state index is 13.1. The van der Waals surface area contributed by atoms with Crippen LogP contribution in [0.4, 0.5) is 0 Å². The molecule has 0 saturated carbocycles. The van der Waals surface area contributed by atoms with Crippen LogP contribution in [0.1, 0.15) is 31.4 Å². The van der Waals surface area contributed by atoms with Gasteiger partial charge in [0.2, 0.25) is 0 Å². The molecule has 9 nitrogen and oxygen atoms in total. The van der Waals surface area contributed by atoms with Crippen molar-refractivity contribution in [2.45, 2.75) is 39.0 Å². The van der Waals surface area contributed by atoms with Crippen molar-refractivity contribution < 1.29 is 14.3 Å². The third-order valence-electron chi connectivity index (χ3n) is 5.67. The Balaban J connectivity index is 1.50. The van der Waals surface area contributed by atoms with Crippen LogP contribution in [0.3, 0.4) is 0 Å². The summed E-state index contributed by atoms with van der Waals surface area (Å²) in [7, 11) is 0.570. The zero-order valence-electron chi connectivity index (χ0n) is 19.7. The molecule has 0 atom stereocenters. The number of fused-ring (bicyclic) bond motifs is 2. The lowest BCUT2D eigenvalue weighted by Gasteiger charge is -2.15. The summed E-state index contributed by atoms with van der Waals surface area (Å²) in [4.78, 5) is 28.4. The van der Waals surface area contributed by atoms with Gasteiger partial charge in [-0.3, -0.25) is 9.59 Å². The highest BCUT2D eigenvalue weighted by Gasteiger charge is 2.23. The van der Waals surface area contributed by atoms with Crippen LogP contribution in [-0.4, -0.2) is 52.4 Å². The first-order chi connectivity index (χ1) is 16.2. The number of aryl methyl sites for hydroxylation is 1. The second kappa shape index (κ2) is 9.61. The quantitative estimate of drug-likeness (QED) is 0.149. The van der Waals surface area contributed by atoms with Crippen molar-refractivity contribution >= 4 is 59.1 Å². The average Bonchev–Trinajstić information content (AvgIpc) is 3.48. The number of aldehydes is 1. The van der Waals surface area contributed by atoms with Gasteiger partial charge < -0.3 is 20.0 Å². The van der Waals surface area contributed by atoms with Crippen LogP contribution in [-0.2, 0) is 25.1 Å². The van der Waals surface area contributed by atoms with Gasteiger partial charge in [-0.05, 0) is 17.7 Å². The van der Waals surface area contributed by atoms with Gasteiger partial charge in [0.25, 0.3) is 5.91 Å². The predicted molar refractivity (Wildman–Crippen MR) is 137 cm³/mol. The lowest BCUT2D eigenvalue weighted by Crippen LogP contribution is -2.26. The fourth-order valence-electron chi connectivity index (χ4n) is 3.79. The Morgan fingerprint density at radius 3 is 2.82 bits per heavy atom. The second-order valence-electron chi connectivity index (χ2n) is 9.31. The Labute approximate surface area is 202 Å². The normalized spacial score (nSPS) is 11.9. The van der Waals surface area contributed by atoms with Gasteiger partial charge in [0, 0.05) is 45.4 Å². The molecule has 0 aliphatic rings. The topological polar surface area (TPSA) is 115 Å². The number of benzene rings is 1. The Morgan fingerprint density at radius 2 is 2.12 bits per heavy atom. The molecule has 0 aliphatic heterocycles. The van der Waals surface area contributed by atoms with Crippen molar-refractivity contribution in [2.24, 2.45) is 7.05 Å². The van der Waals surface area contributed by atoms with E-state index in [0.29, 0.717) is 46.2 Å². The van der Waals surface area contributed by atoms with Crippen molar-refractivity contribution in [3.63, 3.8) is 0 Å². The summed E-state index contributed by atoms with van der Waals surface area (Å²) >= 11 is 1.18. The van der Waals surface area contributed by atoms with E-state index in [2.05, 4.69) is 35.0 Å². The van der Waals surface area contributed by atoms with E-state index in [1.54, 1.807) is 17.8 Å². The average molecular weight is 497 g/mol. The van der Waals surface area contributed by atoms with E-state index in [4.69, 9.17) is 10.1 Å². The first-order valence-electron chi connectivity index (χ1n) is 11.0.